The van der Waals surface area contributed by atoms with Crippen molar-refractivity contribution in [1.29, 1.82) is 0 Å². The van der Waals surface area contributed by atoms with E-state index in [9.17, 15) is 5.11 Å². The molecule has 92 valence electrons. The number of aliphatic hydroxyl groups excluding tert-OH is 1. The van der Waals surface area contributed by atoms with Gasteiger partial charge in [0.25, 0.3) is 0 Å². The standard InChI is InChI=1S/C14H19NO2/c1-2-9-15-10-12(16)14-8-7-11-5-3-4-6-13(11)17-14/h2-6,12,14-16H,1,7-10H2/t12-,14-/m0/s1. The second-order valence-corrected chi connectivity index (χ2v) is 4.32. The molecule has 1 aliphatic heterocycles. The van der Waals surface area contributed by atoms with Crippen molar-refractivity contribution < 1.29 is 9.84 Å². The van der Waals surface area contributed by atoms with Crippen LogP contribution in [-0.4, -0.2) is 30.4 Å². The smallest absolute Gasteiger partial charge is 0.126 e. The first-order valence-electron chi connectivity index (χ1n) is 6.05. The lowest BCUT2D eigenvalue weighted by atomic mass is 9.99. The second-order valence-electron chi connectivity index (χ2n) is 4.32. The molecule has 0 aromatic heterocycles. The molecule has 1 aromatic rings. The summed E-state index contributed by atoms with van der Waals surface area (Å²) in [5, 5.41) is 13.1. The average Bonchev–Trinajstić information content (AvgIpc) is 2.38. The van der Waals surface area contributed by atoms with Crippen molar-refractivity contribution >= 4 is 0 Å². The van der Waals surface area contributed by atoms with Crippen molar-refractivity contribution in [2.75, 3.05) is 13.1 Å². The molecule has 2 rings (SSSR count). The van der Waals surface area contributed by atoms with Crippen LogP contribution in [0.25, 0.3) is 0 Å². The van der Waals surface area contributed by atoms with E-state index < -0.39 is 6.10 Å². The molecule has 3 heteroatoms. The molecule has 3 nitrogen and oxygen atoms in total. The van der Waals surface area contributed by atoms with Gasteiger partial charge in [-0.3, -0.25) is 0 Å². The SMILES string of the molecule is C=CCNC[C@H](O)[C@@H]1CCc2ccccc2O1. The van der Waals surface area contributed by atoms with Crippen molar-refractivity contribution in [2.24, 2.45) is 0 Å². The fourth-order valence-electron chi connectivity index (χ4n) is 2.08. The van der Waals surface area contributed by atoms with Crippen molar-refractivity contribution in [1.82, 2.24) is 5.32 Å². The van der Waals surface area contributed by atoms with Gasteiger partial charge in [0.2, 0.25) is 0 Å². The quantitative estimate of drug-likeness (QED) is 0.598. The van der Waals surface area contributed by atoms with Crippen molar-refractivity contribution in [2.45, 2.75) is 25.0 Å². The first-order chi connectivity index (χ1) is 8.31. The Morgan fingerprint density at radius 2 is 2.35 bits per heavy atom. The van der Waals surface area contributed by atoms with E-state index in [4.69, 9.17) is 4.74 Å². The van der Waals surface area contributed by atoms with E-state index in [2.05, 4.69) is 18.0 Å². The topological polar surface area (TPSA) is 41.5 Å². The van der Waals surface area contributed by atoms with E-state index >= 15 is 0 Å². The number of fused-ring (bicyclic) bond motifs is 1. The molecule has 0 spiro atoms. The minimum Gasteiger partial charge on any atom is -0.487 e. The number of aryl methyl sites for hydroxylation is 1. The zero-order valence-electron chi connectivity index (χ0n) is 9.93. The number of hydrogen-bond acceptors (Lipinski definition) is 3. The van der Waals surface area contributed by atoms with Crippen molar-refractivity contribution in [3.63, 3.8) is 0 Å². The van der Waals surface area contributed by atoms with E-state index in [0.717, 1.165) is 18.6 Å². The Balaban J connectivity index is 1.90. The minimum atomic E-state index is -0.469. The summed E-state index contributed by atoms with van der Waals surface area (Å²) in [6.07, 6.45) is 3.04. The van der Waals surface area contributed by atoms with Gasteiger partial charge in [0.1, 0.15) is 18.0 Å². The van der Waals surface area contributed by atoms with Crippen LogP contribution >= 0.6 is 0 Å². The second kappa shape index (κ2) is 5.84. The molecule has 0 fully saturated rings. The van der Waals surface area contributed by atoms with E-state index in [1.807, 2.05) is 18.2 Å². The van der Waals surface area contributed by atoms with Crippen molar-refractivity contribution in [3.05, 3.63) is 42.5 Å². The normalized spacial score (nSPS) is 20.2. The fraction of sp³-hybridized carbons (Fsp3) is 0.429. The highest BCUT2D eigenvalue weighted by molar-refractivity contribution is 5.35. The van der Waals surface area contributed by atoms with Crippen molar-refractivity contribution in [3.8, 4) is 5.75 Å². The van der Waals surface area contributed by atoms with Crippen LogP contribution < -0.4 is 10.1 Å². The summed E-state index contributed by atoms with van der Waals surface area (Å²) in [6.45, 7) is 4.87. The molecular weight excluding hydrogens is 214 g/mol. The van der Waals surface area contributed by atoms with Crippen LogP contribution in [0.5, 0.6) is 5.75 Å². The van der Waals surface area contributed by atoms with Gasteiger partial charge < -0.3 is 15.2 Å². The minimum absolute atomic E-state index is 0.109. The van der Waals surface area contributed by atoms with Gasteiger partial charge in [-0.05, 0) is 24.5 Å². The maximum atomic E-state index is 10.0. The van der Waals surface area contributed by atoms with Gasteiger partial charge in [-0.15, -0.1) is 6.58 Å². The third-order valence-corrected chi connectivity index (χ3v) is 3.02. The lowest BCUT2D eigenvalue weighted by Gasteiger charge is -2.29. The van der Waals surface area contributed by atoms with Gasteiger partial charge in [0, 0.05) is 13.1 Å². The zero-order chi connectivity index (χ0) is 12.1. The molecule has 0 saturated heterocycles. The Labute approximate surface area is 102 Å². The Morgan fingerprint density at radius 1 is 1.53 bits per heavy atom. The number of ether oxygens (including phenoxy) is 1. The predicted molar refractivity (Wildman–Crippen MR) is 68.3 cm³/mol. The number of rotatable bonds is 5. The molecule has 1 aliphatic rings. The van der Waals surface area contributed by atoms with Crippen LogP contribution in [-0.2, 0) is 6.42 Å². The number of nitrogens with one attached hydrogen (secondary N) is 1. The lowest BCUT2D eigenvalue weighted by Crippen LogP contribution is -2.41. The molecule has 1 heterocycles. The van der Waals surface area contributed by atoms with Crippen LogP contribution in [0.15, 0.2) is 36.9 Å². The predicted octanol–water partition coefficient (Wildman–Crippen LogP) is 1.52. The van der Waals surface area contributed by atoms with Gasteiger partial charge in [0.15, 0.2) is 0 Å². The lowest BCUT2D eigenvalue weighted by molar-refractivity contribution is 0.0251. The molecule has 0 unspecified atom stereocenters. The maximum Gasteiger partial charge on any atom is 0.126 e. The highest BCUT2D eigenvalue weighted by Gasteiger charge is 2.25. The van der Waals surface area contributed by atoms with Crippen LogP contribution in [0, 0.1) is 0 Å². The highest BCUT2D eigenvalue weighted by atomic mass is 16.5. The molecular formula is C14H19NO2. The highest BCUT2D eigenvalue weighted by Crippen LogP contribution is 2.28. The average molecular weight is 233 g/mol. The summed E-state index contributed by atoms with van der Waals surface area (Å²) in [6, 6.07) is 8.02. The summed E-state index contributed by atoms with van der Waals surface area (Å²) in [5.74, 6) is 0.909. The Morgan fingerprint density at radius 3 is 3.18 bits per heavy atom. The molecule has 0 radical (unpaired) electrons. The molecule has 0 amide bonds. The molecule has 2 atom stereocenters. The van der Waals surface area contributed by atoms with E-state index in [-0.39, 0.29) is 6.10 Å². The van der Waals surface area contributed by atoms with Gasteiger partial charge in [-0.1, -0.05) is 24.3 Å². The largest absolute Gasteiger partial charge is 0.487 e. The van der Waals surface area contributed by atoms with E-state index in [1.165, 1.54) is 5.56 Å². The summed E-state index contributed by atoms with van der Waals surface area (Å²) in [7, 11) is 0. The first-order valence-corrected chi connectivity index (χ1v) is 6.05. The Kier molecular flexibility index (Phi) is 4.18. The zero-order valence-corrected chi connectivity index (χ0v) is 9.93. The van der Waals surface area contributed by atoms with Crippen LogP contribution in [0.2, 0.25) is 0 Å². The number of aliphatic hydroxyl groups is 1. The third-order valence-electron chi connectivity index (χ3n) is 3.02. The molecule has 2 N–H and O–H groups in total. The first kappa shape index (κ1) is 12.1. The third kappa shape index (κ3) is 3.08. The van der Waals surface area contributed by atoms with Gasteiger partial charge in [-0.25, -0.2) is 0 Å². The van der Waals surface area contributed by atoms with Crippen LogP contribution in [0.4, 0.5) is 0 Å². The number of hydrogen-bond donors (Lipinski definition) is 2. The van der Waals surface area contributed by atoms with Crippen LogP contribution in [0.1, 0.15) is 12.0 Å². The van der Waals surface area contributed by atoms with Gasteiger partial charge in [0.05, 0.1) is 0 Å². The monoisotopic (exact) mass is 233 g/mol. The summed E-state index contributed by atoms with van der Waals surface area (Å²) in [4.78, 5) is 0. The number of para-hydroxylation sites is 1. The van der Waals surface area contributed by atoms with E-state index in [0.29, 0.717) is 13.1 Å². The van der Waals surface area contributed by atoms with Crippen LogP contribution in [0.3, 0.4) is 0 Å². The van der Waals surface area contributed by atoms with E-state index in [1.54, 1.807) is 6.08 Å². The Hall–Kier alpha value is -1.32. The molecule has 0 bridgehead atoms. The fourth-order valence-corrected chi connectivity index (χ4v) is 2.08. The van der Waals surface area contributed by atoms with Gasteiger partial charge in [-0.2, -0.15) is 0 Å². The number of benzene rings is 1. The molecule has 0 aliphatic carbocycles. The summed E-state index contributed by atoms with van der Waals surface area (Å²) < 4.78 is 5.81. The molecule has 0 saturated carbocycles. The molecule has 1 aromatic carbocycles. The summed E-state index contributed by atoms with van der Waals surface area (Å²) >= 11 is 0. The molecule has 17 heavy (non-hydrogen) atoms. The van der Waals surface area contributed by atoms with Gasteiger partial charge >= 0.3 is 0 Å². The maximum absolute atomic E-state index is 10.0. The summed E-state index contributed by atoms with van der Waals surface area (Å²) in [5.41, 5.74) is 1.23. The Bertz CT molecular complexity index is 378.